The van der Waals surface area contributed by atoms with Crippen molar-refractivity contribution in [2.45, 2.75) is 6.42 Å². The molecule has 1 N–H and O–H groups in total. The predicted octanol–water partition coefficient (Wildman–Crippen LogP) is 3.44. The molecule has 22 heavy (non-hydrogen) atoms. The lowest BCUT2D eigenvalue weighted by Gasteiger charge is -2.10. The molecule has 4 nitrogen and oxygen atoms in total. The molecule has 0 aliphatic rings. The van der Waals surface area contributed by atoms with E-state index < -0.39 is 0 Å². The Balaban J connectivity index is 1.93. The van der Waals surface area contributed by atoms with E-state index in [-0.39, 0.29) is 5.91 Å². The minimum absolute atomic E-state index is 0.147. The van der Waals surface area contributed by atoms with Crippen LogP contribution in [0.5, 0.6) is 11.5 Å². The highest BCUT2D eigenvalue weighted by Crippen LogP contribution is 2.22. The van der Waals surface area contributed by atoms with Crippen LogP contribution in [0.4, 0.5) is 0 Å². The highest BCUT2D eigenvalue weighted by molar-refractivity contribution is 9.10. The van der Waals surface area contributed by atoms with Gasteiger partial charge in [-0.05, 0) is 42.3 Å². The molecule has 0 atom stereocenters. The maximum absolute atomic E-state index is 12.2. The number of methoxy groups -OCH3 is 2. The van der Waals surface area contributed by atoms with Crippen molar-refractivity contribution in [2.75, 3.05) is 20.8 Å². The zero-order chi connectivity index (χ0) is 15.9. The number of hydrogen-bond acceptors (Lipinski definition) is 3. The summed E-state index contributed by atoms with van der Waals surface area (Å²) < 4.78 is 11.2. The number of carbonyl (C=O) groups excluding carboxylic acids is 1. The number of rotatable bonds is 6. The van der Waals surface area contributed by atoms with Crippen molar-refractivity contribution in [1.29, 1.82) is 0 Å². The normalized spacial score (nSPS) is 10.1. The van der Waals surface area contributed by atoms with Crippen LogP contribution in [0.25, 0.3) is 0 Å². The van der Waals surface area contributed by atoms with Crippen LogP contribution in [-0.2, 0) is 6.42 Å². The van der Waals surface area contributed by atoms with E-state index in [9.17, 15) is 4.79 Å². The topological polar surface area (TPSA) is 47.6 Å². The zero-order valence-electron chi connectivity index (χ0n) is 12.6. The molecular weight excluding hydrogens is 346 g/mol. The van der Waals surface area contributed by atoms with E-state index in [1.807, 2.05) is 30.3 Å². The molecule has 0 unspecified atom stereocenters. The fraction of sp³-hybridized carbons (Fsp3) is 0.235. The van der Waals surface area contributed by atoms with Crippen LogP contribution in [0.15, 0.2) is 46.9 Å². The van der Waals surface area contributed by atoms with Gasteiger partial charge in [-0.2, -0.15) is 0 Å². The van der Waals surface area contributed by atoms with Crippen LogP contribution in [-0.4, -0.2) is 26.7 Å². The van der Waals surface area contributed by atoms with Gasteiger partial charge in [0, 0.05) is 11.0 Å². The first-order valence-corrected chi connectivity index (χ1v) is 7.68. The number of halogens is 1. The molecule has 0 bridgehead atoms. The van der Waals surface area contributed by atoms with Crippen LogP contribution in [0.1, 0.15) is 15.9 Å². The smallest absolute Gasteiger partial charge is 0.255 e. The van der Waals surface area contributed by atoms with Gasteiger partial charge in [-0.15, -0.1) is 0 Å². The molecule has 5 heteroatoms. The Morgan fingerprint density at radius 3 is 2.45 bits per heavy atom. The van der Waals surface area contributed by atoms with Crippen molar-refractivity contribution in [3.63, 3.8) is 0 Å². The molecule has 0 heterocycles. The average Bonchev–Trinajstić information content (AvgIpc) is 2.55. The van der Waals surface area contributed by atoms with Crippen LogP contribution < -0.4 is 14.8 Å². The van der Waals surface area contributed by atoms with Gasteiger partial charge in [0.05, 0.1) is 19.8 Å². The monoisotopic (exact) mass is 363 g/mol. The lowest BCUT2D eigenvalue weighted by atomic mass is 10.1. The standard InChI is InChI=1S/C17H18BrNO3/c1-21-14-6-3-12(4-7-14)9-10-19-17(20)15-11-13(18)5-8-16(15)22-2/h3-8,11H,9-10H2,1-2H3,(H,19,20). The van der Waals surface area contributed by atoms with Gasteiger partial charge in [0.25, 0.3) is 5.91 Å². The Morgan fingerprint density at radius 1 is 1.09 bits per heavy atom. The lowest BCUT2D eigenvalue weighted by molar-refractivity contribution is 0.0951. The van der Waals surface area contributed by atoms with Crippen LogP contribution in [0.3, 0.4) is 0 Å². The van der Waals surface area contributed by atoms with E-state index in [2.05, 4.69) is 21.2 Å². The Morgan fingerprint density at radius 2 is 1.82 bits per heavy atom. The first-order valence-electron chi connectivity index (χ1n) is 6.88. The second kappa shape index (κ2) is 7.84. The minimum Gasteiger partial charge on any atom is -0.497 e. The van der Waals surface area contributed by atoms with Crippen LogP contribution >= 0.6 is 15.9 Å². The van der Waals surface area contributed by atoms with Gasteiger partial charge in [-0.1, -0.05) is 28.1 Å². The Hall–Kier alpha value is -2.01. The Kier molecular flexibility index (Phi) is 5.83. The second-order valence-electron chi connectivity index (χ2n) is 4.70. The van der Waals surface area contributed by atoms with Gasteiger partial charge in [0.1, 0.15) is 11.5 Å². The van der Waals surface area contributed by atoms with Gasteiger partial charge in [-0.3, -0.25) is 4.79 Å². The molecule has 0 aliphatic carbocycles. The maximum atomic E-state index is 12.2. The summed E-state index contributed by atoms with van der Waals surface area (Å²) in [7, 11) is 3.19. The summed E-state index contributed by atoms with van der Waals surface area (Å²) in [5, 5.41) is 2.91. The molecule has 0 aliphatic heterocycles. The maximum Gasteiger partial charge on any atom is 0.255 e. The molecule has 0 saturated heterocycles. The average molecular weight is 364 g/mol. The highest BCUT2D eigenvalue weighted by atomic mass is 79.9. The third-order valence-electron chi connectivity index (χ3n) is 3.26. The number of amides is 1. The van der Waals surface area contributed by atoms with Crippen molar-refractivity contribution in [3.05, 3.63) is 58.1 Å². The Bertz CT molecular complexity index is 641. The molecule has 0 fully saturated rings. The summed E-state index contributed by atoms with van der Waals surface area (Å²) in [5.74, 6) is 1.24. The number of nitrogens with one attached hydrogen (secondary N) is 1. The van der Waals surface area contributed by atoms with E-state index in [1.165, 1.54) is 0 Å². The SMILES string of the molecule is COc1ccc(CCNC(=O)c2cc(Br)ccc2OC)cc1. The van der Waals surface area contributed by atoms with Gasteiger partial charge in [-0.25, -0.2) is 0 Å². The summed E-state index contributed by atoms with van der Waals surface area (Å²) in [6.07, 6.45) is 0.756. The number of ether oxygens (including phenoxy) is 2. The van der Waals surface area contributed by atoms with E-state index >= 15 is 0 Å². The van der Waals surface area contributed by atoms with Crippen molar-refractivity contribution >= 4 is 21.8 Å². The van der Waals surface area contributed by atoms with Crippen molar-refractivity contribution < 1.29 is 14.3 Å². The van der Waals surface area contributed by atoms with Crippen LogP contribution in [0.2, 0.25) is 0 Å². The molecule has 0 aromatic heterocycles. The summed E-state index contributed by atoms with van der Waals surface area (Å²) >= 11 is 3.36. The van der Waals surface area contributed by atoms with Crippen molar-refractivity contribution in [1.82, 2.24) is 5.32 Å². The number of carbonyl (C=O) groups is 1. The molecule has 2 aromatic carbocycles. The molecule has 2 rings (SSSR count). The first kappa shape index (κ1) is 16.4. The van der Waals surface area contributed by atoms with Crippen molar-refractivity contribution in [3.8, 4) is 11.5 Å². The fourth-order valence-corrected chi connectivity index (χ4v) is 2.43. The van der Waals surface area contributed by atoms with Crippen LogP contribution in [0, 0.1) is 0 Å². The largest absolute Gasteiger partial charge is 0.497 e. The molecule has 0 radical (unpaired) electrons. The van der Waals surface area contributed by atoms with E-state index in [0.717, 1.165) is 22.2 Å². The molecule has 0 spiro atoms. The molecule has 116 valence electrons. The predicted molar refractivity (Wildman–Crippen MR) is 89.7 cm³/mol. The van der Waals surface area contributed by atoms with E-state index in [4.69, 9.17) is 9.47 Å². The third-order valence-corrected chi connectivity index (χ3v) is 3.76. The Labute approximate surface area is 138 Å². The summed E-state index contributed by atoms with van der Waals surface area (Å²) in [4.78, 5) is 12.2. The zero-order valence-corrected chi connectivity index (χ0v) is 14.1. The summed E-state index contributed by atoms with van der Waals surface area (Å²) in [6, 6.07) is 13.2. The lowest BCUT2D eigenvalue weighted by Crippen LogP contribution is -2.26. The minimum atomic E-state index is -0.147. The first-order chi connectivity index (χ1) is 10.6. The van der Waals surface area contributed by atoms with Gasteiger partial charge in [0.2, 0.25) is 0 Å². The van der Waals surface area contributed by atoms with Crippen molar-refractivity contribution in [2.24, 2.45) is 0 Å². The van der Waals surface area contributed by atoms with E-state index in [0.29, 0.717) is 17.9 Å². The fourth-order valence-electron chi connectivity index (χ4n) is 2.07. The number of benzene rings is 2. The number of hydrogen-bond donors (Lipinski definition) is 1. The molecule has 0 saturated carbocycles. The quantitative estimate of drug-likeness (QED) is 0.854. The highest BCUT2D eigenvalue weighted by Gasteiger charge is 2.12. The summed E-state index contributed by atoms with van der Waals surface area (Å²) in [6.45, 7) is 0.556. The third kappa shape index (κ3) is 4.24. The molecule has 2 aromatic rings. The second-order valence-corrected chi connectivity index (χ2v) is 5.61. The van der Waals surface area contributed by atoms with Gasteiger partial charge >= 0.3 is 0 Å². The molecular formula is C17H18BrNO3. The van der Waals surface area contributed by atoms with Gasteiger partial charge in [0.15, 0.2) is 0 Å². The van der Waals surface area contributed by atoms with Gasteiger partial charge < -0.3 is 14.8 Å². The van der Waals surface area contributed by atoms with E-state index in [1.54, 1.807) is 26.4 Å². The molecule has 1 amide bonds. The summed E-state index contributed by atoms with van der Waals surface area (Å²) in [5.41, 5.74) is 1.66.